The van der Waals surface area contributed by atoms with E-state index in [-0.39, 0.29) is 18.2 Å². The zero-order valence-electron chi connectivity index (χ0n) is 12.7. The lowest BCUT2D eigenvalue weighted by Gasteiger charge is -2.37. The molecule has 2 fully saturated rings. The molecule has 124 valence electrons. The van der Waals surface area contributed by atoms with Crippen LogP contribution in [0.25, 0.3) is 6.08 Å². The SMILES string of the molecule is O=C(/C=C/c1ccc(Cl)c(Cl)c1)N1CCCCC1C1OCCO1. The molecule has 2 aliphatic rings. The summed E-state index contributed by atoms with van der Waals surface area (Å²) in [4.78, 5) is 14.4. The van der Waals surface area contributed by atoms with Crippen LogP contribution in [0.3, 0.4) is 0 Å². The maximum absolute atomic E-state index is 12.6. The Morgan fingerprint density at radius 2 is 1.96 bits per heavy atom. The molecule has 0 spiro atoms. The van der Waals surface area contributed by atoms with E-state index >= 15 is 0 Å². The number of carbonyl (C=O) groups is 1. The van der Waals surface area contributed by atoms with Crippen molar-refractivity contribution in [3.63, 3.8) is 0 Å². The van der Waals surface area contributed by atoms with Gasteiger partial charge in [0.05, 0.1) is 29.3 Å². The predicted molar refractivity (Wildman–Crippen MR) is 90.5 cm³/mol. The van der Waals surface area contributed by atoms with Gasteiger partial charge < -0.3 is 14.4 Å². The van der Waals surface area contributed by atoms with Crippen LogP contribution in [0.5, 0.6) is 0 Å². The molecular formula is C17H19Cl2NO3. The zero-order chi connectivity index (χ0) is 16.2. The lowest BCUT2D eigenvalue weighted by atomic mass is 10.0. The molecule has 0 radical (unpaired) electrons. The van der Waals surface area contributed by atoms with Crippen LogP contribution in [-0.4, -0.2) is 42.9 Å². The average Bonchev–Trinajstić information content (AvgIpc) is 3.10. The summed E-state index contributed by atoms with van der Waals surface area (Å²) in [6.45, 7) is 1.93. The molecule has 1 amide bonds. The van der Waals surface area contributed by atoms with Gasteiger partial charge in [-0.15, -0.1) is 0 Å². The molecule has 2 saturated heterocycles. The molecule has 1 atom stereocenters. The first-order chi connectivity index (χ1) is 11.1. The van der Waals surface area contributed by atoms with Crippen molar-refractivity contribution < 1.29 is 14.3 Å². The number of likely N-dealkylation sites (tertiary alicyclic amines) is 1. The number of amides is 1. The van der Waals surface area contributed by atoms with E-state index in [0.717, 1.165) is 31.4 Å². The fourth-order valence-corrected chi connectivity index (χ4v) is 3.30. The van der Waals surface area contributed by atoms with E-state index in [1.165, 1.54) is 0 Å². The molecule has 6 heteroatoms. The Bertz CT molecular complexity index is 600. The molecule has 1 unspecified atom stereocenters. The highest BCUT2D eigenvalue weighted by molar-refractivity contribution is 6.42. The minimum atomic E-state index is -0.294. The van der Waals surface area contributed by atoms with Crippen molar-refractivity contribution in [1.29, 1.82) is 0 Å². The fourth-order valence-electron chi connectivity index (χ4n) is 2.99. The molecule has 1 aromatic rings. The van der Waals surface area contributed by atoms with Gasteiger partial charge in [0, 0.05) is 12.6 Å². The molecule has 2 aliphatic heterocycles. The van der Waals surface area contributed by atoms with Crippen molar-refractivity contribution in [2.75, 3.05) is 19.8 Å². The number of benzene rings is 1. The van der Waals surface area contributed by atoms with Gasteiger partial charge in [0.1, 0.15) is 0 Å². The van der Waals surface area contributed by atoms with Crippen molar-refractivity contribution in [1.82, 2.24) is 4.90 Å². The summed E-state index contributed by atoms with van der Waals surface area (Å²) >= 11 is 11.9. The molecule has 3 rings (SSSR count). The van der Waals surface area contributed by atoms with Gasteiger partial charge in [-0.1, -0.05) is 29.3 Å². The molecule has 0 N–H and O–H groups in total. The standard InChI is InChI=1S/C17H19Cl2NO3/c18-13-6-4-12(11-14(13)19)5-7-16(21)20-8-2-1-3-15(20)17-22-9-10-23-17/h4-7,11,15,17H,1-3,8-10H2/b7-5+. The first kappa shape index (κ1) is 16.8. The third-order valence-electron chi connectivity index (χ3n) is 4.16. The first-order valence-corrected chi connectivity index (χ1v) is 8.58. The largest absolute Gasteiger partial charge is 0.348 e. The van der Waals surface area contributed by atoms with E-state index in [1.54, 1.807) is 24.3 Å². The number of piperidine rings is 1. The maximum atomic E-state index is 12.6. The Morgan fingerprint density at radius 1 is 1.17 bits per heavy atom. The molecule has 0 aromatic heterocycles. The van der Waals surface area contributed by atoms with Gasteiger partial charge in [0.25, 0.3) is 0 Å². The molecule has 4 nitrogen and oxygen atoms in total. The topological polar surface area (TPSA) is 38.8 Å². The van der Waals surface area contributed by atoms with Gasteiger partial charge in [-0.2, -0.15) is 0 Å². The molecular weight excluding hydrogens is 337 g/mol. The quantitative estimate of drug-likeness (QED) is 0.774. The van der Waals surface area contributed by atoms with E-state index in [9.17, 15) is 4.79 Å². The van der Waals surface area contributed by atoms with E-state index in [0.29, 0.717) is 23.3 Å². The van der Waals surface area contributed by atoms with Gasteiger partial charge in [-0.3, -0.25) is 4.79 Å². The summed E-state index contributed by atoms with van der Waals surface area (Å²) in [6.07, 6.45) is 6.05. The highest BCUT2D eigenvalue weighted by atomic mass is 35.5. The van der Waals surface area contributed by atoms with E-state index in [1.807, 2.05) is 11.0 Å². The maximum Gasteiger partial charge on any atom is 0.246 e. The number of ether oxygens (including phenoxy) is 2. The second-order valence-electron chi connectivity index (χ2n) is 5.71. The van der Waals surface area contributed by atoms with Crippen LogP contribution in [0.1, 0.15) is 24.8 Å². The second kappa shape index (κ2) is 7.67. The number of nitrogens with zero attached hydrogens (tertiary/aromatic N) is 1. The zero-order valence-corrected chi connectivity index (χ0v) is 14.2. The summed E-state index contributed by atoms with van der Waals surface area (Å²) in [6, 6.07) is 5.29. The molecule has 2 heterocycles. The second-order valence-corrected chi connectivity index (χ2v) is 6.53. The van der Waals surface area contributed by atoms with E-state index in [2.05, 4.69) is 0 Å². The van der Waals surface area contributed by atoms with Crippen LogP contribution >= 0.6 is 23.2 Å². The van der Waals surface area contributed by atoms with Crippen molar-refractivity contribution in [2.24, 2.45) is 0 Å². The van der Waals surface area contributed by atoms with E-state index < -0.39 is 0 Å². The third-order valence-corrected chi connectivity index (χ3v) is 4.90. The number of hydrogen-bond acceptors (Lipinski definition) is 3. The lowest BCUT2D eigenvalue weighted by Crippen LogP contribution is -2.49. The van der Waals surface area contributed by atoms with Crippen molar-refractivity contribution in [3.05, 3.63) is 39.9 Å². The molecule has 0 aliphatic carbocycles. The summed E-state index contributed by atoms with van der Waals surface area (Å²) in [5.74, 6) is -0.0279. The van der Waals surface area contributed by atoms with Gasteiger partial charge in [-0.05, 0) is 43.0 Å². The normalized spacial score (nSPS) is 22.9. The Kier molecular flexibility index (Phi) is 5.59. The lowest BCUT2D eigenvalue weighted by molar-refractivity contribution is -0.145. The van der Waals surface area contributed by atoms with E-state index in [4.69, 9.17) is 32.7 Å². The molecule has 1 aromatic carbocycles. The smallest absolute Gasteiger partial charge is 0.246 e. The van der Waals surface area contributed by atoms with Crippen LogP contribution in [0.4, 0.5) is 0 Å². The van der Waals surface area contributed by atoms with Crippen LogP contribution < -0.4 is 0 Å². The fraction of sp³-hybridized carbons (Fsp3) is 0.471. The van der Waals surface area contributed by atoms with Crippen LogP contribution in [0, 0.1) is 0 Å². The van der Waals surface area contributed by atoms with Crippen LogP contribution in [0.15, 0.2) is 24.3 Å². The third kappa shape index (κ3) is 4.07. The molecule has 0 bridgehead atoms. The van der Waals surface area contributed by atoms with Crippen molar-refractivity contribution >= 4 is 35.2 Å². The Labute approximate surface area is 145 Å². The van der Waals surface area contributed by atoms with Gasteiger partial charge in [0.2, 0.25) is 5.91 Å². The monoisotopic (exact) mass is 355 g/mol. The number of rotatable bonds is 3. The summed E-state index contributed by atoms with van der Waals surface area (Å²) in [5, 5.41) is 0.978. The highest BCUT2D eigenvalue weighted by Gasteiger charge is 2.35. The van der Waals surface area contributed by atoms with Gasteiger partial charge >= 0.3 is 0 Å². The van der Waals surface area contributed by atoms with Gasteiger partial charge in [0.15, 0.2) is 6.29 Å². The Hall–Kier alpha value is -1.07. The number of halogens is 2. The van der Waals surface area contributed by atoms with Gasteiger partial charge in [-0.25, -0.2) is 0 Å². The minimum absolute atomic E-state index is 0.00259. The first-order valence-electron chi connectivity index (χ1n) is 7.82. The highest BCUT2D eigenvalue weighted by Crippen LogP contribution is 2.26. The van der Waals surface area contributed by atoms with Crippen LogP contribution in [-0.2, 0) is 14.3 Å². The van der Waals surface area contributed by atoms with Crippen molar-refractivity contribution in [2.45, 2.75) is 31.6 Å². The average molecular weight is 356 g/mol. The molecule has 0 saturated carbocycles. The van der Waals surface area contributed by atoms with Crippen molar-refractivity contribution in [3.8, 4) is 0 Å². The van der Waals surface area contributed by atoms with Crippen LogP contribution in [0.2, 0.25) is 10.0 Å². The summed E-state index contributed by atoms with van der Waals surface area (Å²) in [7, 11) is 0. The molecule has 23 heavy (non-hydrogen) atoms. The number of carbonyl (C=O) groups excluding carboxylic acids is 1. The predicted octanol–water partition coefficient (Wildman–Crippen LogP) is 3.76. The summed E-state index contributed by atoms with van der Waals surface area (Å²) in [5.41, 5.74) is 0.842. The Morgan fingerprint density at radius 3 is 2.70 bits per heavy atom. The summed E-state index contributed by atoms with van der Waals surface area (Å²) < 4.78 is 11.2. The Balaban J connectivity index is 1.69. The minimum Gasteiger partial charge on any atom is -0.348 e. The number of hydrogen-bond donors (Lipinski definition) is 0.